The van der Waals surface area contributed by atoms with Crippen LogP contribution in [0.25, 0.3) is 0 Å². The minimum absolute atomic E-state index is 0.657. The van der Waals surface area contributed by atoms with Gasteiger partial charge in [-0.25, -0.2) is 0 Å². The lowest BCUT2D eigenvalue weighted by atomic mass is 9.82. The van der Waals surface area contributed by atoms with Crippen molar-refractivity contribution in [1.82, 2.24) is 4.90 Å². The quantitative estimate of drug-likeness (QED) is 0.665. The second-order valence-electron chi connectivity index (χ2n) is 4.52. The lowest BCUT2D eigenvalue weighted by Crippen LogP contribution is -2.31. The van der Waals surface area contributed by atoms with E-state index in [2.05, 4.69) is 32.6 Å². The summed E-state index contributed by atoms with van der Waals surface area (Å²) >= 11 is 0. The maximum Gasteiger partial charge on any atom is 0.00410 e. The van der Waals surface area contributed by atoms with E-state index in [9.17, 15) is 0 Å². The highest BCUT2D eigenvalue weighted by molar-refractivity contribution is 4.88. The summed E-state index contributed by atoms with van der Waals surface area (Å²) in [6, 6.07) is 0.741. The molecule has 1 heterocycles. The minimum Gasteiger partial charge on any atom is -0.300 e. The molecule has 1 fully saturated rings. The van der Waals surface area contributed by atoms with E-state index in [4.69, 9.17) is 0 Å². The molecule has 1 rings (SSSR count). The topological polar surface area (TPSA) is 3.24 Å². The van der Waals surface area contributed by atoms with E-state index < -0.39 is 0 Å². The Bertz CT molecular complexity index is 136. The van der Waals surface area contributed by atoms with Gasteiger partial charge in [-0.1, -0.05) is 27.7 Å². The molecule has 14 heavy (non-hydrogen) atoms. The van der Waals surface area contributed by atoms with E-state index in [0.717, 1.165) is 6.04 Å². The van der Waals surface area contributed by atoms with Gasteiger partial charge in [0.25, 0.3) is 0 Å². The first-order valence-corrected chi connectivity index (χ1v) is 6.37. The van der Waals surface area contributed by atoms with E-state index in [0.29, 0.717) is 5.41 Å². The van der Waals surface area contributed by atoms with Crippen LogP contribution in [0.5, 0.6) is 0 Å². The molecular formula is C13H29N. The molecule has 86 valence electrons. The predicted octanol–water partition coefficient (Wildman–Crippen LogP) is 3.93. The molecule has 0 aromatic rings. The van der Waals surface area contributed by atoms with Gasteiger partial charge in [-0.05, 0) is 45.1 Å². The molecule has 0 amide bonds. The third-order valence-corrected chi connectivity index (χ3v) is 3.70. The van der Waals surface area contributed by atoms with Gasteiger partial charge in [0.05, 0.1) is 0 Å². The van der Waals surface area contributed by atoms with Gasteiger partial charge in [0.2, 0.25) is 0 Å². The van der Waals surface area contributed by atoms with Crippen LogP contribution < -0.4 is 0 Å². The maximum absolute atomic E-state index is 2.62. The first kappa shape index (κ1) is 14.0. The lowest BCUT2D eigenvalue weighted by molar-refractivity contribution is 0.212. The summed E-state index contributed by atoms with van der Waals surface area (Å²) in [5.41, 5.74) is 0.657. The summed E-state index contributed by atoms with van der Waals surface area (Å²) in [6.45, 7) is 15.9. The number of nitrogens with zero attached hydrogens (tertiary/aromatic N) is 1. The second kappa shape index (κ2) is 6.44. The van der Waals surface area contributed by atoms with Crippen molar-refractivity contribution in [3.63, 3.8) is 0 Å². The first-order valence-electron chi connectivity index (χ1n) is 6.37. The van der Waals surface area contributed by atoms with Crippen LogP contribution in [-0.4, -0.2) is 24.0 Å². The average molecular weight is 199 g/mol. The molecule has 0 bridgehead atoms. The Morgan fingerprint density at radius 1 is 1.14 bits per heavy atom. The molecule has 0 saturated carbocycles. The van der Waals surface area contributed by atoms with Gasteiger partial charge in [-0.3, -0.25) is 0 Å². The Labute approximate surface area is 90.9 Å². The van der Waals surface area contributed by atoms with Crippen LogP contribution in [0.15, 0.2) is 0 Å². The van der Waals surface area contributed by atoms with Gasteiger partial charge in [0.15, 0.2) is 0 Å². The molecule has 1 nitrogen and oxygen atoms in total. The molecule has 0 spiro atoms. The monoisotopic (exact) mass is 199 g/mol. The fourth-order valence-electron chi connectivity index (χ4n) is 2.24. The molecule has 0 radical (unpaired) electrons. The first-order chi connectivity index (χ1) is 6.63. The highest BCUT2D eigenvalue weighted by atomic mass is 15.2. The van der Waals surface area contributed by atoms with E-state index in [1.807, 2.05) is 13.8 Å². The van der Waals surface area contributed by atoms with Gasteiger partial charge in [0.1, 0.15) is 0 Å². The summed E-state index contributed by atoms with van der Waals surface area (Å²) in [4.78, 5) is 2.62. The van der Waals surface area contributed by atoms with Gasteiger partial charge in [0, 0.05) is 12.6 Å². The van der Waals surface area contributed by atoms with E-state index >= 15 is 0 Å². The molecule has 0 aliphatic carbocycles. The normalized spacial score (nSPS) is 20.8. The summed E-state index contributed by atoms with van der Waals surface area (Å²) in [7, 11) is 0. The van der Waals surface area contributed by atoms with Crippen molar-refractivity contribution >= 4 is 0 Å². The number of likely N-dealkylation sites (tertiary alicyclic amines) is 1. The van der Waals surface area contributed by atoms with Crippen molar-refractivity contribution in [3.8, 4) is 0 Å². The smallest absolute Gasteiger partial charge is 0.00410 e. The van der Waals surface area contributed by atoms with E-state index in [1.165, 1.54) is 32.4 Å². The highest BCUT2D eigenvalue weighted by Crippen LogP contribution is 2.37. The molecule has 1 aliphatic heterocycles. The Morgan fingerprint density at radius 2 is 1.64 bits per heavy atom. The van der Waals surface area contributed by atoms with E-state index in [1.54, 1.807) is 0 Å². The third-order valence-electron chi connectivity index (χ3n) is 3.70. The van der Waals surface area contributed by atoms with Crippen LogP contribution in [0.4, 0.5) is 0 Å². The summed E-state index contributed by atoms with van der Waals surface area (Å²) in [5.74, 6) is 0. The lowest BCUT2D eigenvalue weighted by Gasteiger charge is -2.28. The largest absolute Gasteiger partial charge is 0.300 e. The maximum atomic E-state index is 2.62. The van der Waals surface area contributed by atoms with Gasteiger partial charge in [-0.2, -0.15) is 0 Å². The second-order valence-corrected chi connectivity index (χ2v) is 4.52. The van der Waals surface area contributed by atoms with Gasteiger partial charge >= 0.3 is 0 Å². The SMILES string of the molecule is CC.CCC1(CC)CCN(C(C)C)C1. The summed E-state index contributed by atoms with van der Waals surface area (Å²) in [5, 5.41) is 0. The van der Waals surface area contributed by atoms with Crippen LogP contribution in [0.1, 0.15) is 60.8 Å². The number of hydrogen-bond donors (Lipinski definition) is 0. The molecule has 1 aliphatic rings. The molecule has 0 aromatic carbocycles. The van der Waals surface area contributed by atoms with E-state index in [-0.39, 0.29) is 0 Å². The zero-order chi connectivity index (χ0) is 11.2. The van der Waals surface area contributed by atoms with Crippen LogP contribution >= 0.6 is 0 Å². The molecular weight excluding hydrogens is 170 g/mol. The van der Waals surface area contributed by atoms with Crippen LogP contribution in [-0.2, 0) is 0 Å². The molecule has 0 unspecified atom stereocenters. The van der Waals surface area contributed by atoms with Crippen molar-refractivity contribution < 1.29 is 0 Å². The molecule has 0 N–H and O–H groups in total. The van der Waals surface area contributed by atoms with Crippen LogP contribution in [0.3, 0.4) is 0 Å². The van der Waals surface area contributed by atoms with Crippen molar-refractivity contribution in [3.05, 3.63) is 0 Å². The Hall–Kier alpha value is -0.0400. The highest BCUT2D eigenvalue weighted by Gasteiger charge is 2.35. The Kier molecular flexibility index (Phi) is 6.43. The summed E-state index contributed by atoms with van der Waals surface area (Å²) < 4.78 is 0. The van der Waals surface area contributed by atoms with Crippen molar-refractivity contribution in [2.45, 2.75) is 66.8 Å². The van der Waals surface area contributed by atoms with Crippen molar-refractivity contribution in [2.24, 2.45) is 5.41 Å². The van der Waals surface area contributed by atoms with Crippen LogP contribution in [0.2, 0.25) is 0 Å². The molecule has 0 atom stereocenters. The van der Waals surface area contributed by atoms with Gasteiger partial charge in [-0.15, -0.1) is 0 Å². The number of hydrogen-bond acceptors (Lipinski definition) is 1. The van der Waals surface area contributed by atoms with Crippen LogP contribution in [0, 0.1) is 5.41 Å². The standard InChI is InChI=1S/C11H23N.C2H6/c1-5-11(6-2)7-8-12(9-11)10(3)4;1-2/h10H,5-9H2,1-4H3;1-2H3. The Balaban J connectivity index is 0.000000791. The molecule has 1 saturated heterocycles. The zero-order valence-corrected chi connectivity index (χ0v) is 11.1. The Morgan fingerprint density at radius 3 is 1.86 bits per heavy atom. The van der Waals surface area contributed by atoms with Crippen molar-refractivity contribution in [2.75, 3.05) is 13.1 Å². The molecule has 1 heteroatoms. The third kappa shape index (κ3) is 3.27. The summed E-state index contributed by atoms with van der Waals surface area (Å²) in [6.07, 6.45) is 4.12. The minimum atomic E-state index is 0.657. The average Bonchev–Trinajstić information content (AvgIpc) is 2.66. The fourth-order valence-corrected chi connectivity index (χ4v) is 2.24. The zero-order valence-electron chi connectivity index (χ0n) is 11.1. The van der Waals surface area contributed by atoms with Crippen molar-refractivity contribution in [1.29, 1.82) is 0 Å². The molecule has 0 aromatic heterocycles. The predicted molar refractivity (Wildman–Crippen MR) is 65.7 cm³/mol. The fraction of sp³-hybridized carbons (Fsp3) is 1.00. The number of rotatable bonds is 3. The van der Waals surface area contributed by atoms with Gasteiger partial charge < -0.3 is 4.90 Å².